The lowest BCUT2D eigenvalue weighted by atomic mass is 10.1. The molecule has 1 aliphatic carbocycles. The van der Waals surface area contributed by atoms with Gasteiger partial charge in [-0.1, -0.05) is 71.9 Å². The summed E-state index contributed by atoms with van der Waals surface area (Å²) < 4.78 is 7.42. The smallest absolute Gasteiger partial charge is 0.292 e. The molecule has 1 fully saturated rings. The van der Waals surface area contributed by atoms with Crippen LogP contribution in [0.15, 0.2) is 84.9 Å². The lowest BCUT2D eigenvalue weighted by molar-refractivity contribution is -0.123. The van der Waals surface area contributed by atoms with Gasteiger partial charge in [-0.2, -0.15) is 0 Å². The molecule has 8 nitrogen and oxygen atoms in total. The van der Waals surface area contributed by atoms with Crippen LogP contribution in [0.4, 0.5) is 0 Å². The van der Waals surface area contributed by atoms with Crippen LogP contribution in [0.2, 0.25) is 0 Å². The van der Waals surface area contributed by atoms with Gasteiger partial charge in [-0.05, 0) is 36.6 Å². The highest BCUT2D eigenvalue weighted by molar-refractivity contribution is 5.95. The van der Waals surface area contributed by atoms with Crippen LogP contribution in [0.3, 0.4) is 0 Å². The molecule has 34 heavy (non-hydrogen) atoms. The normalized spacial score (nSPS) is 12.7. The van der Waals surface area contributed by atoms with Crippen molar-refractivity contribution in [2.45, 2.75) is 18.8 Å². The number of nitrogens with one attached hydrogen (secondary N) is 2. The number of para-hydroxylation sites is 2. The van der Waals surface area contributed by atoms with E-state index in [1.165, 1.54) is 0 Å². The first-order valence-electron chi connectivity index (χ1n) is 11.1. The van der Waals surface area contributed by atoms with Crippen molar-refractivity contribution >= 4 is 11.8 Å². The molecule has 5 rings (SSSR count). The van der Waals surface area contributed by atoms with Gasteiger partial charge in [0.25, 0.3) is 11.8 Å². The highest BCUT2D eigenvalue weighted by Gasteiger charge is 2.34. The van der Waals surface area contributed by atoms with Gasteiger partial charge in [0, 0.05) is 11.5 Å². The number of aromatic nitrogens is 3. The Balaban J connectivity index is 1.22. The average molecular weight is 454 g/mol. The van der Waals surface area contributed by atoms with Gasteiger partial charge in [0.1, 0.15) is 5.75 Å². The lowest BCUT2D eigenvalue weighted by Gasteiger charge is -2.12. The molecule has 0 atom stereocenters. The summed E-state index contributed by atoms with van der Waals surface area (Å²) >= 11 is 0. The van der Waals surface area contributed by atoms with E-state index in [2.05, 4.69) is 21.2 Å². The quantitative estimate of drug-likeness (QED) is 0.416. The number of ether oxygens (including phenoxy) is 1. The van der Waals surface area contributed by atoms with Crippen molar-refractivity contribution in [2.75, 3.05) is 6.61 Å². The molecule has 1 saturated carbocycles. The summed E-state index contributed by atoms with van der Waals surface area (Å²) in [6.07, 6.45) is 1.95. The Hall–Kier alpha value is -4.46. The minimum absolute atomic E-state index is 0.210. The maximum Gasteiger partial charge on any atom is 0.292 e. The maximum atomic E-state index is 12.8. The third kappa shape index (κ3) is 4.66. The van der Waals surface area contributed by atoms with Crippen molar-refractivity contribution in [3.63, 3.8) is 0 Å². The van der Waals surface area contributed by atoms with Crippen LogP contribution in [0.1, 0.15) is 34.9 Å². The molecule has 1 aliphatic rings. The van der Waals surface area contributed by atoms with Gasteiger partial charge in [0.2, 0.25) is 0 Å². The molecule has 4 aromatic rings. The molecule has 170 valence electrons. The molecule has 2 N–H and O–H groups in total. The summed E-state index contributed by atoms with van der Waals surface area (Å²) in [6.45, 7) is -0.254. The zero-order valence-corrected chi connectivity index (χ0v) is 18.3. The minimum Gasteiger partial charge on any atom is -0.483 e. The zero-order chi connectivity index (χ0) is 23.3. The summed E-state index contributed by atoms with van der Waals surface area (Å²) in [6, 6.07) is 26.8. The average Bonchev–Trinajstić information content (AvgIpc) is 3.64. The topological polar surface area (TPSA) is 98.1 Å². The lowest BCUT2D eigenvalue weighted by Crippen LogP contribution is -2.44. The maximum absolute atomic E-state index is 12.8. The third-order valence-corrected chi connectivity index (χ3v) is 5.53. The minimum atomic E-state index is -0.512. The van der Waals surface area contributed by atoms with Crippen LogP contribution in [-0.2, 0) is 4.79 Å². The number of hydrogen-bond acceptors (Lipinski definition) is 5. The Morgan fingerprint density at radius 3 is 2.29 bits per heavy atom. The standard InChI is InChI=1S/C26H23N5O3/c32-23(17-34-22-14-8-7-13-21(22)18-9-3-1-4-10-18)27-29-26(33)24-25(19-15-16-19)31(30-28-24)20-11-5-2-6-12-20/h1-14,19H,15-17H2,(H,27,32)(H,29,33). The fourth-order valence-corrected chi connectivity index (χ4v) is 3.75. The van der Waals surface area contributed by atoms with Crippen molar-refractivity contribution in [2.24, 2.45) is 0 Å². The molecular weight excluding hydrogens is 430 g/mol. The molecule has 8 heteroatoms. The van der Waals surface area contributed by atoms with Crippen molar-refractivity contribution < 1.29 is 14.3 Å². The first-order valence-corrected chi connectivity index (χ1v) is 11.1. The summed E-state index contributed by atoms with van der Waals surface area (Å²) in [5.41, 5.74) is 8.51. The van der Waals surface area contributed by atoms with Gasteiger partial charge in [-0.15, -0.1) is 5.10 Å². The second-order valence-corrected chi connectivity index (χ2v) is 8.00. The van der Waals surface area contributed by atoms with Gasteiger partial charge < -0.3 is 4.74 Å². The van der Waals surface area contributed by atoms with Crippen LogP contribution in [-0.4, -0.2) is 33.4 Å². The molecule has 0 bridgehead atoms. The van der Waals surface area contributed by atoms with Gasteiger partial charge in [0.15, 0.2) is 12.3 Å². The second kappa shape index (κ2) is 9.58. The summed E-state index contributed by atoms with van der Waals surface area (Å²) in [5, 5.41) is 8.27. The predicted octanol–water partition coefficient (Wildman–Crippen LogP) is 3.65. The monoisotopic (exact) mass is 453 g/mol. The van der Waals surface area contributed by atoms with Crippen LogP contribution in [0, 0.1) is 0 Å². The molecule has 2 amide bonds. The van der Waals surface area contributed by atoms with Crippen LogP contribution >= 0.6 is 0 Å². The SMILES string of the molecule is O=C(COc1ccccc1-c1ccccc1)NNC(=O)c1nnn(-c2ccccc2)c1C1CC1. The summed E-state index contributed by atoms with van der Waals surface area (Å²) in [7, 11) is 0. The van der Waals surface area contributed by atoms with Gasteiger partial charge >= 0.3 is 0 Å². The first-order chi connectivity index (χ1) is 16.7. The van der Waals surface area contributed by atoms with E-state index in [1.807, 2.05) is 78.9 Å². The van der Waals surface area contributed by atoms with E-state index in [0.29, 0.717) is 5.75 Å². The van der Waals surface area contributed by atoms with E-state index >= 15 is 0 Å². The number of amides is 2. The Labute approximate surface area is 196 Å². The second-order valence-electron chi connectivity index (χ2n) is 8.00. The molecule has 3 aromatic carbocycles. The first kappa shape index (κ1) is 21.4. The highest BCUT2D eigenvalue weighted by atomic mass is 16.5. The molecule has 1 heterocycles. The number of rotatable bonds is 7. The number of carbonyl (C=O) groups excluding carboxylic acids is 2. The largest absolute Gasteiger partial charge is 0.483 e. The van der Waals surface area contributed by atoms with E-state index in [-0.39, 0.29) is 18.2 Å². The number of hydrazine groups is 1. The number of benzene rings is 3. The molecule has 0 spiro atoms. The van der Waals surface area contributed by atoms with Gasteiger partial charge in [0.05, 0.1) is 11.4 Å². The number of carbonyl (C=O) groups is 2. The summed E-state index contributed by atoms with van der Waals surface area (Å²) in [5.74, 6) is -0.191. The zero-order valence-electron chi connectivity index (χ0n) is 18.3. The van der Waals surface area contributed by atoms with E-state index in [9.17, 15) is 9.59 Å². The van der Waals surface area contributed by atoms with E-state index in [1.54, 1.807) is 10.7 Å². The fourth-order valence-electron chi connectivity index (χ4n) is 3.75. The highest BCUT2D eigenvalue weighted by Crippen LogP contribution is 2.41. The van der Waals surface area contributed by atoms with Crippen LogP contribution < -0.4 is 15.6 Å². The number of hydrogen-bond donors (Lipinski definition) is 2. The van der Waals surface area contributed by atoms with Gasteiger partial charge in [-0.25, -0.2) is 4.68 Å². The third-order valence-electron chi connectivity index (χ3n) is 5.53. The Morgan fingerprint density at radius 2 is 1.56 bits per heavy atom. The van der Waals surface area contributed by atoms with Gasteiger partial charge in [-0.3, -0.25) is 20.4 Å². The van der Waals surface area contributed by atoms with Crippen molar-refractivity contribution in [1.29, 1.82) is 0 Å². The summed E-state index contributed by atoms with van der Waals surface area (Å²) in [4.78, 5) is 25.1. The van der Waals surface area contributed by atoms with Crippen LogP contribution in [0.5, 0.6) is 5.75 Å². The van der Waals surface area contributed by atoms with Crippen molar-refractivity contribution in [3.05, 3.63) is 96.3 Å². The fraction of sp³-hybridized carbons (Fsp3) is 0.154. The van der Waals surface area contributed by atoms with Crippen molar-refractivity contribution in [1.82, 2.24) is 25.8 Å². The molecule has 0 unspecified atom stereocenters. The Kier molecular flexibility index (Phi) is 6.03. The Morgan fingerprint density at radius 1 is 0.882 bits per heavy atom. The number of nitrogens with zero attached hydrogens (tertiary/aromatic N) is 3. The van der Waals surface area contributed by atoms with Crippen LogP contribution in [0.25, 0.3) is 16.8 Å². The molecule has 0 radical (unpaired) electrons. The molecule has 0 aliphatic heterocycles. The molecule has 1 aromatic heterocycles. The van der Waals surface area contributed by atoms with Crippen molar-refractivity contribution in [3.8, 4) is 22.6 Å². The molecule has 0 saturated heterocycles. The van der Waals surface area contributed by atoms with E-state index in [4.69, 9.17) is 4.74 Å². The predicted molar refractivity (Wildman–Crippen MR) is 126 cm³/mol. The van der Waals surface area contributed by atoms with E-state index in [0.717, 1.165) is 35.3 Å². The van der Waals surface area contributed by atoms with E-state index < -0.39 is 11.8 Å². The molecular formula is C26H23N5O3. The Bertz CT molecular complexity index is 1300.